The molecular weight excluding hydrogens is 328 g/mol. The molecule has 1 saturated carbocycles. The molecule has 2 N–H and O–H groups in total. The van der Waals surface area contributed by atoms with Crippen molar-refractivity contribution in [3.63, 3.8) is 0 Å². The Kier molecular flexibility index (Phi) is 8.38. The molecule has 146 valence electrons. The quantitative estimate of drug-likeness (QED) is 0.555. The van der Waals surface area contributed by atoms with E-state index in [4.69, 9.17) is 0 Å². The highest BCUT2D eigenvalue weighted by Crippen LogP contribution is 2.27. The topological polar surface area (TPSA) is 24.1 Å². The number of rotatable bonds is 10. The van der Waals surface area contributed by atoms with Crippen LogP contribution in [0.2, 0.25) is 0 Å². The van der Waals surface area contributed by atoms with Crippen LogP contribution in [0.15, 0.2) is 60.7 Å². The molecule has 1 fully saturated rings. The second-order valence-electron chi connectivity index (χ2n) is 8.05. The van der Waals surface area contributed by atoms with Gasteiger partial charge in [-0.3, -0.25) is 0 Å². The standard InChI is InChI=1S/C25H36N2/c1-21(22-11-5-2-6-12-22)27-20-19-26-18-17-25(23-13-7-3-8-14-23)24-15-9-4-10-16-24/h3-4,7-10,13-16,21-22,25-27H,2,5-6,11-12,17-20H2,1H3/t21-/m1/s1. The Labute approximate surface area is 165 Å². The maximum atomic E-state index is 3.74. The van der Waals surface area contributed by atoms with Crippen LogP contribution in [0.5, 0.6) is 0 Å². The van der Waals surface area contributed by atoms with E-state index in [1.807, 2.05) is 0 Å². The number of hydrogen-bond donors (Lipinski definition) is 2. The Morgan fingerprint density at radius 3 is 1.96 bits per heavy atom. The minimum atomic E-state index is 0.467. The van der Waals surface area contributed by atoms with Crippen LogP contribution in [0.1, 0.15) is 62.5 Å². The first kappa shape index (κ1) is 20.1. The zero-order chi connectivity index (χ0) is 18.7. The molecule has 0 aromatic heterocycles. The van der Waals surface area contributed by atoms with E-state index in [-0.39, 0.29) is 0 Å². The molecule has 2 heteroatoms. The van der Waals surface area contributed by atoms with E-state index in [0.717, 1.165) is 32.0 Å². The number of hydrogen-bond acceptors (Lipinski definition) is 2. The van der Waals surface area contributed by atoms with Crippen molar-refractivity contribution in [2.75, 3.05) is 19.6 Å². The Morgan fingerprint density at radius 2 is 1.37 bits per heavy atom. The van der Waals surface area contributed by atoms with Crippen molar-refractivity contribution in [3.8, 4) is 0 Å². The van der Waals surface area contributed by atoms with E-state index >= 15 is 0 Å². The number of benzene rings is 2. The Bertz CT molecular complexity index is 580. The smallest absolute Gasteiger partial charge is 0.0101 e. The van der Waals surface area contributed by atoms with Gasteiger partial charge >= 0.3 is 0 Å². The van der Waals surface area contributed by atoms with Gasteiger partial charge in [-0.2, -0.15) is 0 Å². The summed E-state index contributed by atoms with van der Waals surface area (Å²) in [5.74, 6) is 1.35. The van der Waals surface area contributed by atoms with E-state index < -0.39 is 0 Å². The maximum Gasteiger partial charge on any atom is 0.0101 e. The predicted molar refractivity (Wildman–Crippen MR) is 116 cm³/mol. The first-order valence-electron chi connectivity index (χ1n) is 10.9. The highest BCUT2D eigenvalue weighted by atomic mass is 15.0. The molecule has 27 heavy (non-hydrogen) atoms. The summed E-state index contributed by atoms with van der Waals surface area (Å²) in [6.45, 7) is 5.54. The van der Waals surface area contributed by atoms with Crippen LogP contribution < -0.4 is 10.6 Å². The third kappa shape index (κ3) is 6.48. The lowest BCUT2D eigenvalue weighted by atomic mass is 9.84. The summed E-state index contributed by atoms with van der Waals surface area (Å²) < 4.78 is 0. The second-order valence-corrected chi connectivity index (χ2v) is 8.05. The average molecular weight is 365 g/mol. The molecule has 1 aliphatic rings. The number of nitrogens with one attached hydrogen (secondary N) is 2. The first-order valence-corrected chi connectivity index (χ1v) is 10.9. The van der Waals surface area contributed by atoms with E-state index in [1.165, 1.54) is 43.2 Å². The Hall–Kier alpha value is -1.64. The van der Waals surface area contributed by atoms with Crippen LogP contribution in [0.3, 0.4) is 0 Å². The highest BCUT2D eigenvalue weighted by Gasteiger charge is 2.19. The van der Waals surface area contributed by atoms with E-state index in [1.54, 1.807) is 0 Å². The van der Waals surface area contributed by atoms with Gasteiger partial charge in [0.1, 0.15) is 0 Å². The summed E-state index contributed by atoms with van der Waals surface area (Å²) in [5.41, 5.74) is 2.82. The molecule has 0 unspecified atom stereocenters. The lowest BCUT2D eigenvalue weighted by Gasteiger charge is -2.28. The zero-order valence-electron chi connectivity index (χ0n) is 16.9. The molecule has 0 saturated heterocycles. The molecular formula is C25H36N2. The van der Waals surface area contributed by atoms with Gasteiger partial charge in [0.25, 0.3) is 0 Å². The van der Waals surface area contributed by atoms with E-state index in [9.17, 15) is 0 Å². The van der Waals surface area contributed by atoms with Gasteiger partial charge in [-0.05, 0) is 49.8 Å². The second kappa shape index (κ2) is 11.3. The zero-order valence-corrected chi connectivity index (χ0v) is 16.9. The maximum absolute atomic E-state index is 3.74. The van der Waals surface area contributed by atoms with Gasteiger partial charge in [-0.15, -0.1) is 0 Å². The molecule has 0 amide bonds. The first-order chi connectivity index (χ1) is 13.3. The van der Waals surface area contributed by atoms with Gasteiger partial charge < -0.3 is 10.6 Å². The third-order valence-corrected chi connectivity index (χ3v) is 6.14. The Morgan fingerprint density at radius 1 is 0.778 bits per heavy atom. The van der Waals surface area contributed by atoms with Crippen molar-refractivity contribution in [2.45, 2.75) is 57.4 Å². The molecule has 0 heterocycles. The van der Waals surface area contributed by atoms with Crippen LogP contribution in [-0.4, -0.2) is 25.7 Å². The van der Waals surface area contributed by atoms with Gasteiger partial charge in [0.05, 0.1) is 0 Å². The van der Waals surface area contributed by atoms with Crippen LogP contribution in [-0.2, 0) is 0 Å². The predicted octanol–water partition coefficient (Wildman–Crippen LogP) is 5.36. The molecule has 0 aliphatic heterocycles. The fraction of sp³-hybridized carbons (Fsp3) is 0.520. The summed E-state index contributed by atoms with van der Waals surface area (Å²) in [6.07, 6.45) is 8.25. The van der Waals surface area contributed by atoms with Crippen LogP contribution in [0.25, 0.3) is 0 Å². The van der Waals surface area contributed by atoms with Crippen LogP contribution in [0, 0.1) is 5.92 Å². The van der Waals surface area contributed by atoms with Crippen molar-refractivity contribution in [1.29, 1.82) is 0 Å². The molecule has 2 aromatic carbocycles. The normalized spacial score (nSPS) is 16.5. The summed E-state index contributed by atoms with van der Waals surface area (Å²) in [5, 5.41) is 7.39. The molecule has 1 atom stereocenters. The largest absolute Gasteiger partial charge is 0.315 e. The lowest BCUT2D eigenvalue weighted by Crippen LogP contribution is -2.38. The average Bonchev–Trinajstić information content (AvgIpc) is 2.75. The third-order valence-electron chi connectivity index (χ3n) is 6.14. The minimum Gasteiger partial charge on any atom is -0.315 e. The molecule has 2 aromatic rings. The van der Waals surface area contributed by atoms with Gasteiger partial charge in [0.2, 0.25) is 0 Å². The van der Waals surface area contributed by atoms with E-state index in [2.05, 4.69) is 78.2 Å². The van der Waals surface area contributed by atoms with Gasteiger partial charge in [0, 0.05) is 25.0 Å². The van der Waals surface area contributed by atoms with Crippen molar-refractivity contribution < 1.29 is 0 Å². The molecule has 0 radical (unpaired) electrons. The summed E-state index contributed by atoms with van der Waals surface area (Å²) in [7, 11) is 0. The minimum absolute atomic E-state index is 0.467. The summed E-state index contributed by atoms with van der Waals surface area (Å²) >= 11 is 0. The van der Waals surface area contributed by atoms with Crippen LogP contribution >= 0.6 is 0 Å². The monoisotopic (exact) mass is 364 g/mol. The molecule has 0 bridgehead atoms. The van der Waals surface area contributed by atoms with Crippen molar-refractivity contribution in [2.24, 2.45) is 5.92 Å². The summed E-state index contributed by atoms with van der Waals surface area (Å²) in [6, 6.07) is 22.5. The molecule has 2 nitrogen and oxygen atoms in total. The van der Waals surface area contributed by atoms with Crippen molar-refractivity contribution in [1.82, 2.24) is 10.6 Å². The Balaban J connectivity index is 1.40. The van der Waals surface area contributed by atoms with Gasteiger partial charge in [0.15, 0.2) is 0 Å². The molecule has 3 rings (SSSR count). The fourth-order valence-electron chi connectivity index (χ4n) is 4.46. The van der Waals surface area contributed by atoms with Gasteiger partial charge in [-0.1, -0.05) is 79.9 Å². The van der Waals surface area contributed by atoms with Gasteiger partial charge in [-0.25, -0.2) is 0 Å². The molecule has 0 spiro atoms. The van der Waals surface area contributed by atoms with Crippen molar-refractivity contribution in [3.05, 3.63) is 71.8 Å². The van der Waals surface area contributed by atoms with Crippen LogP contribution in [0.4, 0.5) is 0 Å². The fourth-order valence-corrected chi connectivity index (χ4v) is 4.46. The SMILES string of the molecule is C[C@@H](NCCNCCC(c1ccccc1)c1ccccc1)C1CCCCC1. The highest BCUT2D eigenvalue weighted by molar-refractivity contribution is 5.32. The summed E-state index contributed by atoms with van der Waals surface area (Å²) in [4.78, 5) is 0. The molecule has 1 aliphatic carbocycles. The van der Waals surface area contributed by atoms with E-state index in [0.29, 0.717) is 12.0 Å². The van der Waals surface area contributed by atoms with Crippen molar-refractivity contribution >= 4 is 0 Å². The lowest BCUT2D eigenvalue weighted by molar-refractivity contribution is 0.282.